The van der Waals surface area contributed by atoms with Gasteiger partial charge in [0.2, 0.25) is 0 Å². The van der Waals surface area contributed by atoms with Crippen LogP contribution >= 0.6 is 22.7 Å². The highest BCUT2D eigenvalue weighted by molar-refractivity contribution is 7.10. The van der Waals surface area contributed by atoms with Crippen LogP contribution in [0.25, 0.3) is 0 Å². The molecule has 0 saturated heterocycles. The molecule has 0 aliphatic heterocycles. The van der Waals surface area contributed by atoms with Crippen molar-refractivity contribution in [1.29, 1.82) is 0 Å². The molecule has 0 fully saturated rings. The van der Waals surface area contributed by atoms with Crippen LogP contribution in [0.4, 0.5) is 0 Å². The van der Waals surface area contributed by atoms with E-state index < -0.39 is 0 Å². The summed E-state index contributed by atoms with van der Waals surface area (Å²) in [6.45, 7) is 6.34. The number of hydrogen-bond acceptors (Lipinski definition) is 4. The van der Waals surface area contributed by atoms with Gasteiger partial charge in [0.25, 0.3) is 0 Å². The predicted octanol–water partition coefficient (Wildman–Crippen LogP) is 4.10. The van der Waals surface area contributed by atoms with Crippen LogP contribution in [-0.4, -0.2) is 16.9 Å². The highest BCUT2D eigenvalue weighted by atomic mass is 32.1. The third-order valence-electron chi connectivity index (χ3n) is 2.88. The molecule has 0 saturated carbocycles. The largest absolute Gasteiger partial charge is 0.295 e. The van der Waals surface area contributed by atoms with Gasteiger partial charge in [0, 0.05) is 23.3 Å². The first-order chi connectivity index (χ1) is 8.69. The number of thiophene rings is 1. The molecule has 0 radical (unpaired) electrons. The van der Waals surface area contributed by atoms with Crippen molar-refractivity contribution in [3.63, 3.8) is 0 Å². The summed E-state index contributed by atoms with van der Waals surface area (Å²) >= 11 is 3.63. The van der Waals surface area contributed by atoms with Crippen LogP contribution in [0.1, 0.15) is 34.5 Å². The summed E-state index contributed by atoms with van der Waals surface area (Å²) in [6.07, 6.45) is 2.29. The summed E-state index contributed by atoms with van der Waals surface area (Å²) < 4.78 is 0. The fraction of sp³-hybridized carbons (Fsp3) is 0.500. The minimum absolute atomic E-state index is 0.942. The summed E-state index contributed by atoms with van der Waals surface area (Å²) in [6, 6.07) is 2.19. The monoisotopic (exact) mass is 280 g/mol. The van der Waals surface area contributed by atoms with Crippen LogP contribution in [-0.2, 0) is 19.5 Å². The van der Waals surface area contributed by atoms with Crippen molar-refractivity contribution in [1.82, 2.24) is 9.88 Å². The van der Waals surface area contributed by atoms with Gasteiger partial charge in [0.15, 0.2) is 0 Å². The molecule has 2 heterocycles. The van der Waals surface area contributed by atoms with E-state index in [1.165, 1.54) is 27.6 Å². The summed E-state index contributed by atoms with van der Waals surface area (Å²) in [7, 11) is 2.16. The Morgan fingerprint density at radius 2 is 2.11 bits per heavy atom. The highest BCUT2D eigenvalue weighted by Crippen LogP contribution is 2.19. The van der Waals surface area contributed by atoms with Gasteiger partial charge in [0.05, 0.1) is 10.7 Å². The lowest BCUT2D eigenvalue weighted by Crippen LogP contribution is -2.17. The summed E-state index contributed by atoms with van der Waals surface area (Å²) in [5, 5.41) is 5.64. The second-order valence-electron chi connectivity index (χ2n) is 4.68. The van der Waals surface area contributed by atoms with Crippen molar-refractivity contribution < 1.29 is 0 Å². The Bertz CT molecular complexity index is 487. The van der Waals surface area contributed by atoms with Gasteiger partial charge in [-0.3, -0.25) is 4.90 Å². The Labute approximate surface area is 117 Å². The average molecular weight is 280 g/mol. The van der Waals surface area contributed by atoms with Crippen LogP contribution in [0.15, 0.2) is 16.8 Å². The Hall–Kier alpha value is -0.710. The Balaban J connectivity index is 1.90. The van der Waals surface area contributed by atoms with Gasteiger partial charge in [-0.2, -0.15) is 0 Å². The quantitative estimate of drug-likeness (QED) is 0.792. The Morgan fingerprint density at radius 3 is 2.78 bits per heavy atom. The molecular weight excluding hydrogens is 260 g/mol. The van der Waals surface area contributed by atoms with Gasteiger partial charge in [-0.1, -0.05) is 6.92 Å². The molecule has 2 rings (SSSR count). The van der Waals surface area contributed by atoms with E-state index >= 15 is 0 Å². The molecular formula is C14H20N2S2. The Morgan fingerprint density at radius 1 is 1.28 bits per heavy atom. The standard InChI is InChI=1S/C14H20N2S2/c1-4-5-14-15-12(10-18-14)8-16(3)9-13-11(2)6-7-17-13/h6-7,10H,4-5,8-9H2,1-3H3. The summed E-state index contributed by atoms with van der Waals surface area (Å²) in [5.74, 6) is 0. The maximum atomic E-state index is 4.67. The lowest BCUT2D eigenvalue weighted by atomic mass is 10.3. The van der Waals surface area contributed by atoms with E-state index in [0.29, 0.717) is 0 Å². The van der Waals surface area contributed by atoms with E-state index in [1.54, 1.807) is 11.3 Å². The number of nitrogens with zero attached hydrogens (tertiary/aromatic N) is 2. The fourth-order valence-corrected chi connectivity index (χ4v) is 3.77. The first-order valence-corrected chi connectivity index (χ1v) is 8.09. The minimum atomic E-state index is 0.942. The molecule has 0 N–H and O–H groups in total. The fourth-order valence-electron chi connectivity index (χ4n) is 1.89. The smallest absolute Gasteiger partial charge is 0.0928 e. The molecule has 2 aromatic heterocycles. The van der Waals surface area contributed by atoms with E-state index in [2.05, 4.69) is 47.6 Å². The molecule has 2 aromatic rings. The second-order valence-corrected chi connectivity index (χ2v) is 6.62. The van der Waals surface area contributed by atoms with Gasteiger partial charge < -0.3 is 0 Å². The van der Waals surface area contributed by atoms with Crippen molar-refractivity contribution in [2.45, 2.75) is 39.8 Å². The van der Waals surface area contributed by atoms with E-state index in [0.717, 1.165) is 19.5 Å². The number of hydrogen-bond donors (Lipinski definition) is 0. The zero-order valence-electron chi connectivity index (χ0n) is 11.3. The molecule has 2 nitrogen and oxygen atoms in total. The number of aryl methyl sites for hydroxylation is 2. The normalized spacial score (nSPS) is 11.3. The summed E-state index contributed by atoms with van der Waals surface area (Å²) in [4.78, 5) is 8.47. The maximum absolute atomic E-state index is 4.67. The minimum Gasteiger partial charge on any atom is -0.295 e. The number of aromatic nitrogens is 1. The maximum Gasteiger partial charge on any atom is 0.0928 e. The molecule has 0 aliphatic rings. The predicted molar refractivity (Wildman–Crippen MR) is 80.3 cm³/mol. The Kier molecular flexibility index (Phi) is 4.92. The second kappa shape index (κ2) is 6.45. The van der Waals surface area contributed by atoms with Crippen molar-refractivity contribution in [2.75, 3.05) is 7.05 Å². The van der Waals surface area contributed by atoms with E-state index in [-0.39, 0.29) is 0 Å². The van der Waals surface area contributed by atoms with Crippen molar-refractivity contribution in [3.8, 4) is 0 Å². The van der Waals surface area contributed by atoms with Crippen LogP contribution in [0.3, 0.4) is 0 Å². The molecule has 0 unspecified atom stereocenters. The van der Waals surface area contributed by atoms with Gasteiger partial charge in [0.1, 0.15) is 0 Å². The lowest BCUT2D eigenvalue weighted by molar-refractivity contribution is 0.318. The first-order valence-electron chi connectivity index (χ1n) is 6.33. The van der Waals surface area contributed by atoms with Gasteiger partial charge in [-0.05, 0) is 43.8 Å². The van der Waals surface area contributed by atoms with Crippen molar-refractivity contribution in [3.05, 3.63) is 38.0 Å². The van der Waals surface area contributed by atoms with Crippen molar-refractivity contribution in [2.24, 2.45) is 0 Å². The van der Waals surface area contributed by atoms with Crippen LogP contribution in [0, 0.1) is 6.92 Å². The third kappa shape index (κ3) is 3.64. The topological polar surface area (TPSA) is 16.1 Å². The molecule has 18 heavy (non-hydrogen) atoms. The lowest BCUT2D eigenvalue weighted by Gasteiger charge is -2.14. The molecule has 0 atom stereocenters. The van der Waals surface area contributed by atoms with Crippen molar-refractivity contribution >= 4 is 22.7 Å². The number of thiazole rings is 1. The molecule has 0 amide bonds. The molecule has 0 spiro atoms. The van der Waals surface area contributed by atoms with Gasteiger partial charge in [-0.25, -0.2) is 4.98 Å². The zero-order chi connectivity index (χ0) is 13.0. The van der Waals surface area contributed by atoms with Crippen LogP contribution in [0.2, 0.25) is 0 Å². The highest BCUT2D eigenvalue weighted by Gasteiger charge is 2.07. The number of rotatable bonds is 6. The SMILES string of the molecule is CCCc1nc(CN(C)Cc2sccc2C)cs1. The third-order valence-corrected chi connectivity index (χ3v) is 4.84. The molecule has 4 heteroatoms. The van der Waals surface area contributed by atoms with Crippen LogP contribution < -0.4 is 0 Å². The molecule has 98 valence electrons. The van der Waals surface area contributed by atoms with Gasteiger partial charge in [-0.15, -0.1) is 22.7 Å². The van der Waals surface area contributed by atoms with E-state index in [1.807, 2.05) is 11.3 Å². The first kappa shape index (κ1) is 13.7. The average Bonchev–Trinajstić information content (AvgIpc) is 2.90. The van der Waals surface area contributed by atoms with E-state index in [9.17, 15) is 0 Å². The van der Waals surface area contributed by atoms with Gasteiger partial charge >= 0.3 is 0 Å². The van der Waals surface area contributed by atoms with E-state index in [4.69, 9.17) is 0 Å². The molecule has 0 aromatic carbocycles. The summed E-state index contributed by atoms with van der Waals surface area (Å²) in [5.41, 5.74) is 2.61. The van der Waals surface area contributed by atoms with Crippen LogP contribution in [0.5, 0.6) is 0 Å². The zero-order valence-corrected chi connectivity index (χ0v) is 12.9. The molecule has 0 bridgehead atoms. The molecule has 0 aliphatic carbocycles.